The molecule has 0 unspecified atom stereocenters. The van der Waals surface area contributed by atoms with Gasteiger partial charge < -0.3 is 4.74 Å². The maximum atomic E-state index is 13.4. The van der Waals surface area contributed by atoms with Crippen LogP contribution in [0, 0.1) is 11.7 Å². The molecule has 0 spiro atoms. The fraction of sp³-hybridized carbons (Fsp3) is 0.692. The number of nitrogens with one attached hydrogen (secondary N) is 1. The molecule has 112 valence electrons. The SMILES string of the molecule is CCC1(CC)O[C@@H](n2cc(F)c(=O)[nH]c2=O)[C@@H](Cl)[C@@H]1C. The highest BCUT2D eigenvalue weighted by molar-refractivity contribution is 6.21. The number of hydrogen-bond donors (Lipinski definition) is 1. The summed E-state index contributed by atoms with van der Waals surface area (Å²) in [4.78, 5) is 24.8. The van der Waals surface area contributed by atoms with E-state index in [9.17, 15) is 14.0 Å². The van der Waals surface area contributed by atoms with Gasteiger partial charge in [0, 0.05) is 5.92 Å². The fourth-order valence-electron chi connectivity index (χ4n) is 2.87. The van der Waals surface area contributed by atoms with E-state index in [1.807, 2.05) is 25.8 Å². The van der Waals surface area contributed by atoms with Crippen LogP contribution in [-0.4, -0.2) is 20.5 Å². The first-order valence-electron chi connectivity index (χ1n) is 6.69. The Bertz CT molecular complexity index is 608. The molecule has 0 aliphatic carbocycles. The average molecular weight is 305 g/mol. The van der Waals surface area contributed by atoms with E-state index in [1.54, 1.807) is 0 Å². The van der Waals surface area contributed by atoms with E-state index in [1.165, 1.54) is 0 Å². The predicted octanol–water partition coefficient (Wildman–Crippen LogP) is 2.01. The Kier molecular flexibility index (Phi) is 4.07. The third-order valence-corrected chi connectivity index (χ3v) is 4.92. The highest BCUT2D eigenvalue weighted by Crippen LogP contribution is 2.47. The third kappa shape index (κ3) is 2.20. The molecule has 1 saturated heterocycles. The molecule has 1 N–H and O–H groups in total. The van der Waals surface area contributed by atoms with Gasteiger partial charge in [-0.05, 0) is 12.8 Å². The first-order chi connectivity index (χ1) is 9.36. The lowest BCUT2D eigenvalue weighted by atomic mass is 9.84. The van der Waals surface area contributed by atoms with Crippen molar-refractivity contribution in [2.75, 3.05) is 0 Å². The smallest absolute Gasteiger partial charge is 0.330 e. The Labute approximate surface area is 120 Å². The Morgan fingerprint density at radius 1 is 1.45 bits per heavy atom. The first-order valence-corrected chi connectivity index (χ1v) is 7.12. The average Bonchev–Trinajstić information content (AvgIpc) is 2.68. The topological polar surface area (TPSA) is 64.1 Å². The number of halogens is 2. The number of nitrogens with zero attached hydrogens (tertiary/aromatic N) is 1. The zero-order valence-electron chi connectivity index (χ0n) is 11.7. The number of aromatic amines is 1. The van der Waals surface area contributed by atoms with Crippen molar-refractivity contribution in [3.8, 4) is 0 Å². The second-order valence-corrected chi connectivity index (χ2v) is 5.66. The van der Waals surface area contributed by atoms with Crippen molar-refractivity contribution in [1.82, 2.24) is 9.55 Å². The summed E-state index contributed by atoms with van der Waals surface area (Å²) in [5, 5.41) is -0.474. The molecule has 2 rings (SSSR count). The van der Waals surface area contributed by atoms with Gasteiger partial charge in [0.25, 0.3) is 5.56 Å². The minimum absolute atomic E-state index is 0.00561. The molecular weight excluding hydrogens is 287 g/mol. The van der Waals surface area contributed by atoms with Crippen LogP contribution in [0.4, 0.5) is 4.39 Å². The molecule has 1 aromatic heterocycles. The highest BCUT2D eigenvalue weighted by atomic mass is 35.5. The van der Waals surface area contributed by atoms with Crippen molar-refractivity contribution in [3.05, 3.63) is 32.9 Å². The van der Waals surface area contributed by atoms with Crippen LogP contribution < -0.4 is 11.2 Å². The zero-order valence-corrected chi connectivity index (χ0v) is 12.4. The molecule has 0 radical (unpaired) electrons. The van der Waals surface area contributed by atoms with E-state index in [4.69, 9.17) is 16.3 Å². The van der Waals surface area contributed by atoms with E-state index in [0.717, 1.165) is 23.6 Å². The molecule has 5 nitrogen and oxygen atoms in total. The molecule has 1 fully saturated rings. The van der Waals surface area contributed by atoms with Crippen LogP contribution in [0.15, 0.2) is 15.8 Å². The van der Waals surface area contributed by atoms with Crippen molar-refractivity contribution in [2.24, 2.45) is 5.92 Å². The molecule has 1 aliphatic heterocycles. The van der Waals surface area contributed by atoms with Gasteiger partial charge in [0.05, 0.1) is 17.2 Å². The highest BCUT2D eigenvalue weighted by Gasteiger charge is 2.50. The maximum absolute atomic E-state index is 13.4. The van der Waals surface area contributed by atoms with Crippen LogP contribution in [0.25, 0.3) is 0 Å². The molecule has 0 saturated carbocycles. The quantitative estimate of drug-likeness (QED) is 0.869. The van der Waals surface area contributed by atoms with E-state index in [0.29, 0.717) is 0 Å². The fourth-order valence-corrected chi connectivity index (χ4v) is 3.27. The Hall–Kier alpha value is -1.14. The zero-order chi connectivity index (χ0) is 15.1. The monoisotopic (exact) mass is 304 g/mol. The van der Waals surface area contributed by atoms with Crippen molar-refractivity contribution < 1.29 is 9.13 Å². The van der Waals surface area contributed by atoms with Crippen molar-refractivity contribution in [3.63, 3.8) is 0 Å². The number of H-pyrrole nitrogens is 1. The lowest BCUT2D eigenvalue weighted by Crippen LogP contribution is -2.36. The van der Waals surface area contributed by atoms with Gasteiger partial charge in [-0.2, -0.15) is 4.39 Å². The Morgan fingerprint density at radius 3 is 2.55 bits per heavy atom. The molecule has 20 heavy (non-hydrogen) atoms. The summed E-state index contributed by atoms with van der Waals surface area (Å²) in [5.41, 5.74) is -2.20. The van der Waals surface area contributed by atoms with Gasteiger partial charge >= 0.3 is 5.69 Å². The molecule has 0 amide bonds. The van der Waals surface area contributed by atoms with Crippen molar-refractivity contribution >= 4 is 11.6 Å². The van der Waals surface area contributed by atoms with Gasteiger partial charge in [0.15, 0.2) is 6.23 Å². The van der Waals surface area contributed by atoms with Gasteiger partial charge in [-0.1, -0.05) is 20.8 Å². The lowest BCUT2D eigenvalue weighted by molar-refractivity contribution is -0.0889. The summed E-state index contributed by atoms with van der Waals surface area (Å²) < 4.78 is 20.4. The number of ether oxygens (including phenoxy) is 1. The van der Waals surface area contributed by atoms with Gasteiger partial charge in [0.1, 0.15) is 0 Å². The summed E-state index contributed by atoms with van der Waals surface area (Å²) in [7, 11) is 0. The number of aromatic nitrogens is 2. The van der Waals surface area contributed by atoms with Gasteiger partial charge in [0.2, 0.25) is 5.82 Å². The van der Waals surface area contributed by atoms with Crippen LogP contribution >= 0.6 is 11.6 Å². The molecule has 1 aliphatic rings. The number of rotatable bonds is 3. The van der Waals surface area contributed by atoms with Gasteiger partial charge in [-0.3, -0.25) is 14.3 Å². The van der Waals surface area contributed by atoms with E-state index in [2.05, 4.69) is 0 Å². The Morgan fingerprint density at radius 2 is 2.05 bits per heavy atom. The predicted molar refractivity (Wildman–Crippen MR) is 73.5 cm³/mol. The van der Waals surface area contributed by atoms with Crippen LogP contribution in [-0.2, 0) is 4.74 Å². The summed E-state index contributed by atoms with van der Waals surface area (Å²) in [6.07, 6.45) is 1.55. The third-order valence-electron chi connectivity index (χ3n) is 4.33. The molecule has 0 aromatic carbocycles. The van der Waals surface area contributed by atoms with E-state index in [-0.39, 0.29) is 5.92 Å². The van der Waals surface area contributed by atoms with Crippen LogP contribution in [0.5, 0.6) is 0 Å². The summed E-state index contributed by atoms with van der Waals surface area (Å²) >= 11 is 6.37. The summed E-state index contributed by atoms with van der Waals surface area (Å²) in [5.74, 6) is -1.03. The van der Waals surface area contributed by atoms with Gasteiger partial charge in [-0.15, -0.1) is 11.6 Å². The molecule has 0 bridgehead atoms. The van der Waals surface area contributed by atoms with Gasteiger partial charge in [-0.25, -0.2) is 4.79 Å². The second-order valence-electron chi connectivity index (χ2n) is 5.16. The van der Waals surface area contributed by atoms with E-state index < -0.39 is 34.3 Å². The molecule has 7 heteroatoms. The largest absolute Gasteiger partial charge is 0.350 e. The number of alkyl halides is 1. The van der Waals surface area contributed by atoms with Crippen LogP contribution in [0.1, 0.15) is 39.8 Å². The Balaban J connectivity index is 2.47. The van der Waals surface area contributed by atoms with Crippen molar-refractivity contribution in [1.29, 1.82) is 0 Å². The normalized spacial score (nSPS) is 28.8. The maximum Gasteiger partial charge on any atom is 0.330 e. The van der Waals surface area contributed by atoms with Crippen LogP contribution in [0.2, 0.25) is 0 Å². The van der Waals surface area contributed by atoms with E-state index >= 15 is 0 Å². The number of hydrogen-bond acceptors (Lipinski definition) is 3. The summed E-state index contributed by atoms with van der Waals surface area (Å²) in [6.45, 7) is 5.93. The minimum atomic E-state index is -1.04. The first kappa shape index (κ1) is 15.3. The lowest BCUT2D eigenvalue weighted by Gasteiger charge is -2.30. The molecule has 3 atom stereocenters. The molecule has 1 aromatic rings. The summed E-state index contributed by atoms with van der Waals surface area (Å²) in [6, 6.07) is 0. The van der Waals surface area contributed by atoms with Crippen LogP contribution in [0.3, 0.4) is 0 Å². The molecular formula is C13H18ClFN2O3. The standard InChI is InChI=1S/C13H18ClFN2O3/c1-4-13(5-2)7(3)9(14)11(20-13)17-6-8(15)10(18)16-12(17)19/h6-7,9,11H,4-5H2,1-3H3,(H,16,18,19)/t7-,9-,11+/m0/s1. The second kappa shape index (κ2) is 5.33. The van der Waals surface area contributed by atoms with Crippen molar-refractivity contribution in [2.45, 2.75) is 50.8 Å². The molecule has 2 heterocycles. The minimum Gasteiger partial charge on any atom is -0.350 e.